The van der Waals surface area contributed by atoms with E-state index in [0.29, 0.717) is 38.8 Å². The van der Waals surface area contributed by atoms with E-state index in [9.17, 15) is 19.5 Å². The average Bonchev–Trinajstić information content (AvgIpc) is 2.98. The molecule has 0 bridgehead atoms. The summed E-state index contributed by atoms with van der Waals surface area (Å²) in [6, 6.07) is -1.90. The minimum absolute atomic E-state index is 0.256. The maximum absolute atomic E-state index is 12.8. The molecule has 0 spiro atoms. The first-order valence-electron chi connectivity index (χ1n) is 7.85. The Kier molecular flexibility index (Phi) is 7.43. The van der Waals surface area contributed by atoms with E-state index in [1.807, 2.05) is 0 Å². The van der Waals surface area contributed by atoms with Gasteiger partial charge in [-0.15, -0.1) is 0 Å². The quantitative estimate of drug-likeness (QED) is 0.198. The minimum atomic E-state index is -1.22. The number of carbonyl (C=O) groups is 3. The van der Waals surface area contributed by atoms with E-state index in [0.717, 1.165) is 4.90 Å². The molecule has 24 heavy (non-hydrogen) atoms. The van der Waals surface area contributed by atoms with Gasteiger partial charge in [-0.05, 0) is 38.6 Å². The lowest BCUT2D eigenvalue weighted by Crippen LogP contribution is -2.56. The van der Waals surface area contributed by atoms with E-state index in [2.05, 4.69) is 0 Å². The van der Waals surface area contributed by atoms with Gasteiger partial charge >= 0.3 is 11.9 Å². The zero-order valence-electron chi connectivity index (χ0n) is 13.5. The van der Waals surface area contributed by atoms with Crippen molar-refractivity contribution in [2.75, 3.05) is 19.6 Å². The van der Waals surface area contributed by atoms with Crippen molar-refractivity contribution in [3.05, 3.63) is 0 Å². The van der Waals surface area contributed by atoms with E-state index in [1.54, 1.807) is 0 Å². The fourth-order valence-electron chi connectivity index (χ4n) is 2.88. The van der Waals surface area contributed by atoms with Gasteiger partial charge in [-0.25, -0.2) is 4.79 Å². The Morgan fingerprint density at radius 2 is 1.96 bits per heavy atom. The van der Waals surface area contributed by atoms with Gasteiger partial charge in [0.15, 0.2) is 5.96 Å². The number of hydrogen-bond donors (Lipinski definition) is 5. The number of amides is 1. The largest absolute Gasteiger partial charge is 0.480 e. The Labute approximate surface area is 139 Å². The van der Waals surface area contributed by atoms with E-state index >= 15 is 0 Å². The highest BCUT2D eigenvalue weighted by Crippen LogP contribution is 2.22. The number of aliphatic carboxylic acids is 2. The minimum Gasteiger partial charge on any atom is -0.480 e. The number of unbranched alkanes of at least 4 members (excludes halogenated alkanes) is 1. The first-order valence-corrected chi connectivity index (χ1v) is 7.85. The molecule has 0 unspecified atom stereocenters. The SMILES string of the molecule is N=C(N)N(CC(=O)O)[C@@H](CCCCN)C(=O)N1CCC[C@H]1C(=O)O. The number of rotatable bonds is 9. The molecule has 1 amide bonds. The summed E-state index contributed by atoms with van der Waals surface area (Å²) in [7, 11) is 0. The molecule has 2 atom stereocenters. The van der Waals surface area contributed by atoms with Crippen LogP contribution in [0.4, 0.5) is 0 Å². The lowest BCUT2D eigenvalue weighted by atomic mass is 10.1. The molecule has 1 fully saturated rings. The van der Waals surface area contributed by atoms with Crippen molar-refractivity contribution in [1.29, 1.82) is 5.41 Å². The number of nitrogens with one attached hydrogen (secondary N) is 1. The zero-order chi connectivity index (χ0) is 18.3. The van der Waals surface area contributed by atoms with E-state index < -0.39 is 42.4 Å². The summed E-state index contributed by atoms with van der Waals surface area (Å²) < 4.78 is 0. The molecule has 10 nitrogen and oxygen atoms in total. The molecule has 1 saturated heterocycles. The van der Waals surface area contributed by atoms with Crippen LogP contribution in [-0.2, 0) is 14.4 Å². The number of guanidine groups is 1. The van der Waals surface area contributed by atoms with Crippen LogP contribution in [-0.4, -0.2) is 75.5 Å². The molecule has 0 aromatic rings. The number of nitrogens with zero attached hydrogens (tertiary/aromatic N) is 2. The maximum atomic E-state index is 12.8. The summed E-state index contributed by atoms with van der Waals surface area (Å²) in [4.78, 5) is 37.4. The van der Waals surface area contributed by atoms with Gasteiger partial charge < -0.3 is 31.5 Å². The average molecular weight is 343 g/mol. The second-order valence-electron chi connectivity index (χ2n) is 5.74. The van der Waals surface area contributed by atoms with Crippen LogP contribution in [0.2, 0.25) is 0 Å². The predicted octanol–water partition coefficient (Wildman–Crippen LogP) is -1.16. The molecule has 0 radical (unpaired) electrons. The van der Waals surface area contributed by atoms with Crippen molar-refractivity contribution in [3.8, 4) is 0 Å². The monoisotopic (exact) mass is 343 g/mol. The smallest absolute Gasteiger partial charge is 0.326 e. The summed E-state index contributed by atoms with van der Waals surface area (Å²) in [5.74, 6) is -3.35. The lowest BCUT2D eigenvalue weighted by molar-refractivity contribution is -0.150. The molecule has 7 N–H and O–H groups in total. The third-order valence-electron chi connectivity index (χ3n) is 4.03. The number of hydrogen-bond acceptors (Lipinski definition) is 5. The highest BCUT2D eigenvalue weighted by atomic mass is 16.4. The number of carboxylic acid groups (broad SMARTS) is 2. The van der Waals surface area contributed by atoms with Gasteiger partial charge in [0.25, 0.3) is 0 Å². The second kappa shape index (κ2) is 9.06. The van der Waals surface area contributed by atoms with Crippen LogP contribution in [0.5, 0.6) is 0 Å². The first kappa shape index (κ1) is 19.7. The van der Waals surface area contributed by atoms with Crippen molar-refractivity contribution in [2.24, 2.45) is 11.5 Å². The van der Waals surface area contributed by atoms with Gasteiger partial charge in [-0.1, -0.05) is 0 Å². The van der Waals surface area contributed by atoms with Crippen molar-refractivity contribution in [3.63, 3.8) is 0 Å². The Balaban J connectivity index is 3.01. The maximum Gasteiger partial charge on any atom is 0.326 e. The standard InChI is InChI=1S/C14H25N5O5/c15-6-2-1-4-9(19(14(16)17)8-11(20)21)12(22)18-7-3-5-10(18)13(23)24/h9-10H,1-8,15H2,(H3,16,17)(H,20,21)(H,23,24)/t9-,10-/m0/s1. The van der Waals surface area contributed by atoms with E-state index in [-0.39, 0.29) is 6.42 Å². The molecule has 0 aromatic carbocycles. The Morgan fingerprint density at radius 3 is 2.46 bits per heavy atom. The van der Waals surface area contributed by atoms with Gasteiger partial charge in [-0.3, -0.25) is 15.0 Å². The zero-order valence-corrected chi connectivity index (χ0v) is 13.5. The highest BCUT2D eigenvalue weighted by Gasteiger charge is 2.39. The van der Waals surface area contributed by atoms with Crippen molar-refractivity contribution < 1.29 is 24.6 Å². The molecule has 1 rings (SSSR count). The molecule has 0 aliphatic carbocycles. The molecule has 0 aromatic heterocycles. The predicted molar refractivity (Wildman–Crippen MR) is 85.3 cm³/mol. The van der Waals surface area contributed by atoms with Gasteiger partial charge in [0, 0.05) is 6.54 Å². The molecule has 10 heteroatoms. The van der Waals surface area contributed by atoms with Gasteiger partial charge in [0.2, 0.25) is 5.91 Å². The molecule has 136 valence electrons. The lowest BCUT2D eigenvalue weighted by Gasteiger charge is -2.34. The van der Waals surface area contributed by atoms with Crippen LogP contribution < -0.4 is 11.5 Å². The van der Waals surface area contributed by atoms with Crippen LogP contribution in [0.15, 0.2) is 0 Å². The molecule has 1 aliphatic rings. The summed E-state index contributed by atoms with van der Waals surface area (Å²) in [5, 5.41) is 25.8. The number of likely N-dealkylation sites (tertiary alicyclic amines) is 1. The van der Waals surface area contributed by atoms with Crippen LogP contribution in [0.3, 0.4) is 0 Å². The van der Waals surface area contributed by atoms with Crippen LogP contribution in [0.25, 0.3) is 0 Å². The van der Waals surface area contributed by atoms with E-state index in [4.69, 9.17) is 22.0 Å². The third-order valence-corrected chi connectivity index (χ3v) is 4.03. The molecular weight excluding hydrogens is 318 g/mol. The fourth-order valence-corrected chi connectivity index (χ4v) is 2.88. The van der Waals surface area contributed by atoms with E-state index in [1.165, 1.54) is 4.90 Å². The summed E-state index contributed by atoms with van der Waals surface area (Å²) in [6.45, 7) is 0.114. The number of carbonyl (C=O) groups excluding carboxylic acids is 1. The Bertz CT molecular complexity index is 498. The van der Waals surface area contributed by atoms with Crippen molar-refractivity contribution in [1.82, 2.24) is 9.80 Å². The van der Waals surface area contributed by atoms with Gasteiger partial charge in [0.05, 0.1) is 0 Å². The topological polar surface area (TPSA) is 174 Å². The summed E-state index contributed by atoms with van der Waals surface area (Å²) >= 11 is 0. The second-order valence-corrected chi connectivity index (χ2v) is 5.74. The number of nitrogens with two attached hydrogens (primary N) is 2. The summed E-state index contributed by atoms with van der Waals surface area (Å²) in [6.07, 6.45) is 2.35. The molecule has 1 heterocycles. The summed E-state index contributed by atoms with van der Waals surface area (Å²) in [5.41, 5.74) is 10.9. The van der Waals surface area contributed by atoms with Crippen molar-refractivity contribution >= 4 is 23.8 Å². The van der Waals surface area contributed by atoms with Crippen molar-refractivity contribution in [2.45, 2.75) is 44.2 Å². The van der Waals surface area contributed by atoms with Crippen LogP contribution >= 0.6 is 0 Å². The molecule has 1 aliphatic heterocycles. The van der Waals surface area contributed by atoms with Crippen LogP contribution in [0.1, 0.15) is 32.1 Å². The van der Waals surface area contributed by atoms with Crippen LogP contribution in [0, 0.1) is 5.41 Å². The highest BCUT2D eigenvalue weighted by molar-refractivity contribution is 5.92. The fraction of sp³-hybridized carbons (Fsp3) is 0.714. The van der Waals surface area contributed by atoms with Gasteiger partial charge in [0.1, 0.15) is 18.6 Å². The van der Waals surface area contributed by atoms with Gasteiger partial charge in [-0.2, -0.15) is 0 Å². The number of carboxylic acids is 2. The molecular formula is C14H25N5O5. The Hall–Kier alpha value is -2.36. The third kappa shape index (κ3) is 5.08. The Morgan fingerprint density at radius 1 is 1.29 bits per heavy atom. The normalized spacial score (nSPS) is 18.2. The first-order chi connectivity index (χ1) is 11.3. The molecule has 0 saturated carbocycles.